The van der Waals surface area contributed by atoms with Crippen molar-refractivity contribution in [1.29, 1.82) is 0 Å². The number of rotatable bonds is 10. The summed E-state index contributed by atoms with van der Waals surface area (Å²) in [6.45, 7) is 0.838. The van der Waals surface area contributed by atoms with E-state index in [9.17, 15) is 14.4 Å². The van der Waals surface area contributed by atoms with Gasteiger partial charge >= 0.3 is 5.97 Å². The smallest absolute Gasteiger partial charge is 0.331 e. The van der Waals surface area contributed by atoms with Crippen LogP contribution in [0.2, 0.25) is 0 Å². The van der Waals surface area contributed by atoms with Crippen LogP contribution in [0.1, 0.15) is 32.6 Å². The second kappa shape index (κ2) is 10.5. The van der Waals surface area contributed by atoms with Crippen molar-refractivity contribution < 1.29 is 29.3 Å². The van der Waals surface area contributed by atoms with E-state index in [-0.39, 0.29) is 31.8 Å². The van der Waals surface area contributed by atoms with Crippen LogP contribution in [0.3, 0.4) is 0 Å². The molecule has 0 aromatic heterocycles. The molecule has 7 nitrogen and oxygen atoms in total. The Hall–Kier alpha value is -1.47. The van der Waals surface area contributed by atoms with Crippen LogP contribution in [0.4, 0.5) is 0 Å². The van der Waals surface area contributed by atoms with Crippen LogP contribution in [-0.2, 0) is 19.1 Å². The highest BCUT2D eigenvalue weighted by Crippen LogP contribution is 1.96. The Labute approximate surface area is 111 Å². The molecule has 0 aliphatic heterocycles. The zero-order valence-corrected chi connectivity index (χ0v) is 11.1. The Morgan fingerprint density at radius 3 is 2.37 bits per heavy atom. The molecule has 0 aliphatic carbocycles. The molecule has 0 rings (SSSR count). The molecule has 0 heterocycles. The first-order valence-corrected chi connectivity index (χ1v) is 6.18. The van der Waals surface area contributed by atoms with Gasteiger partial charge < -0.3 is 25.1 Å². The number of esters is 1. The second-order valence-electron chi connectivity index (χ2n) is 4.10. The fraction of sp³-hybridized carbons (Fsp3) is 0.750. The zero-order valence-electron chi connectivity index (χ0n) is 11.1. The Bertz CT molecular complexity index is 305. The van der Waals surface area contributed by atoms with Crippen LogP contribution in [0.25, 0.3) is 0 Å². The van der Waals surface area contributed by atoms with Gasteiger partial charge in [0.1, 0.15) is 5.78 Å². The number of hydrogen-bond acceptors (Lipinski definition) is 6. The number of aliphatic hydroxyl groups excluding tert-OH is 2. The van der Waals surface area contributed by atoms with Gasteiger partial charge in [0.2, 0.25) is 5.91 Å². The van der Waals surface area contributed by atoms with Gasteiger partial charge in [0.05, 0.1) is 13.2 Å². The standard InChI is InChI=1S/C12H21NO6/c1-9(16)4-3-7-19-12(18)10(8-15)13-11(17)5-2-6-14/h10,14-15H,2-8H2,1H3,(H,13,17). The summed E-state index contributed by atoms with van der Waals surface area (Å²) in [7, 11) is 0. The molecule has 1 atom stereocenters. The van der Waals surface area contributed by atoms with Gasteiger partial charge in [0, 0.05) is 19.4 Å². The van der Waals surface area contributed by atoms with Crippen molar-refractivity contribution in [3.05, 3.63) is 0 Å². The van der Waals surface area contributed by atoms with Crippen molar-refractivity contribution >= 4 is 17.7 Å². The summed E-state index contributed by atoms with van der Waals surface area (Å²) in [5.74, 6) is -1.16. The maximum absolute atomic E-state index is 11.5. The highest BCUT2D eigenvalue weighted by molar-refractivity contribution is 5.84. The SMILES string of the molecule is CC(=O)CCCOC(=O)C(CO)NC(=O)CCCO. The Balaban J connectivity index is 3.96. The lowest BCUT2D eigenvalue weighted by molar-refractivity contribution is -0.149. The van der Waals surface area contributed by atoms with Crippen molar-refractivity contribution in [1.82, 2.24) is 5.32 Å². The van der Waals surface area contributed by atoms with E-state index in [2.05, 4.69) is 5.32 Å². The van der Waals surface area contributed by atoms with E-state index in [1.807, 2.05) is 0 Å². The number of ether oxygens (including phenoxy) is 1. The monoisotopic (exact) mass is 275 g/mol. The molecule has 0 aromatic rings. The Kier molecular flexibility index (Phi) is 9.64. The Morgan fingerprint density at radius 2 is 1.84 bits per heavy atom. The minimum absolute atomic E-state index is 0.00654. The third-order valence-electron chi connectivity index (χ3n) is 2.28. The van der Waals surface area contributed by atoms with Gasteiger partial charge in [-0.15, -0.1) is 0 Å². The molecule has 7 heteroatoms. The molecule has 1 amide bonds. The summed E-state index contributed by atoms with van der Waals surface area (Å²) in [6, 6.07) is -1.11. The minimum atomic E-state index is -1.11. The van der Waals surface area contributed by atoms with Gasteiger partial charge in [-0.2, -0.15) is 0 Å². The summed E-state index contributed by atoms with van der Waals surface area (Å²) in [5, 5.41) is 19.9. The first-order valence-electron chi connectivity index (χ1n) is 6.18. The van der Waals surface area contributed by atoms with Crippen LogP contribution < -0.4 is 5.32 Å². The summed E-state index contributed by atoms with van der Waals surface area (Å²) in [4.78, 5) is 33.5. The molecule has 0 aliphatic rings. The third kappa shape index (κ3) is 9.15. The molecule has 0 spiro atoms. The van der Waals surface area contributed by atoms with E-state index in [0.29, 0.717) is 12.8 Å². The van der Waals surface area contributed by atoms with Gasteiger partial charge in [-0.1, -0.05) is 0 Å². The van der Waals surface area contributed by atoms with Crippen molar-refractivity contribution in [3.63, 3.8) is 0 Å². The van der Waals surface area contributed by atoms with E-state index in [1.54, 1.807) is 0 Å². The molecule has 0 bridgehead atoms. The average Bonchev–Trinajstić information content (AvgIpc) is 2.38. The highest BCUT2D eigenvalue weighted by atomic mass is 16.5. The van der Waals surface area contributed by atoms with E-state index in [4.69, 9.17) is 14.9 Å². The molecule has 0 radical (unpaired) electrons. The summed E-state index contributed by atoms with van der Waals surface area (Å²) in [6.07, 6.45) is 1.10. The van der Waals surface area contributed by atoms with Gasteiger partial charge in [-0.3, -0.25) is 4.79 Å². The molecule has 110 valence electrons. The molecule has 0 saturated carbocycles. The van der Waals surface area contributed by atoms with Crippen LogP contribution in [0.5, 0.6) is 0 Å². The molecule has 0 aromatic carbocycles. The quantitative estimate of drug-likeness (QED) is 0.353. The van der Waals surface area contributed by atoms with E-state index < -0.39 is 24.5 Å². The number of hydrogen-bond donors (Lipinski definition) is 3. The summed E-state index contributed by atoms with van der Waals surface area (Å²) < 4.78 is 4.84. The molecule has 0 saturated heterocycles. The fourth-order valence-corrected chi connectivity index (χ4v) is 1.28. The van der Waals surface area contributed by atoms with Crippen LogP contribution in [-0.4, -0.2) is 53.7 Å². The highest BCUT2D eigenvalue weighted by Gasteiger charge is 2.20. The summed E-state index contributed by atoms with van der Waals surface area (Å²) in [5.41, 5.74) is 0. The zero-order chi connectivity index (χ0) is 14.7. The number of amides is 1. The van der Waals surface area contributed by atoms with E-state index >= 15 is 0 Å². The number of ketones is 1. The fourth-order valence-electron chi connectivity index (χ4n) is 1.28. The molecule has 3 N–H and O–H groups in total. The van der Waals surface area contributed by atoms with Crippen LogP contribution in [0.15, 0.2) is 0 Å². The predicted octanol–water partition coefficient (Wildman–Crippen LogP) is -0.852. The maximum atomic E-state index is 11.5. The van der Waals surface area contributed by atoms with Gasteiger partial charge in [-0.05, 0) is 19.8 Å². The van der Waals surface area contributed by atoms with Gasteiger partial charge in [-0.25, -0.2) is 4.79 Å². The lowest BCUT2D eigenvalue weighted by atomic mass is 10.2. The summed E-state index contributed by atoms with van der Waals surface area (Å²) >= 11 is 0. The predicted molar refractivity (Wildman–Crippen MR) is 66.2 cm³/mol. The number of Topliss-reactive ketones (excluding diaryl/α,β-unsaturated/α-hetero) is 1. The Morgan fingerprint density at radius 1 is 1.16 bits per heavy atom. The number of aliphatic hydroxyl groups is 2. The molecule has 0 fully saturated rings. The van der Waals surface area contributed by atoms with E-state index in [1.165, 1.54) is 6.92 Å². The van der Waals surface area contributed by atoms with Crippen molar-refractivity contribution in [3.8, 4) is 0 Å². The van der Waals surface area contributed by atoms with Crippen molar-refractivity contribution in [2.24, 2.45) is 0 Å². The topological polar surface area (TPSA) is 113 Å². The lowest BCUT2D eigenvalue weighted by Crippen LogP contribution is -2.44. The average molecular weight is 275 g/mol. The molecule has 1 unspecified atom stereocenters. The lowest BCUT2D eigenvalue weighted by Gasteiger charge is -2.15. The van der Waals surface area contributed by atoms with Crippen molar-refractivity contribution in [2.45, 2.75) is 38.6 Å². The molecular formula is C12H21NO6. The van der Waals surface area contributed by atoms with Gasteiger partial charge in [0.15, 0.2) is 6.04 Å². The van der Waals surface area contributed by atoms with Crippen LogP contribution in [0, 0.1) is 0 Å². The van der Waals surface area contributed by atoms with E-state index in [0.717, 1.165) is 0 Å². The first-order chi connectivity index (χ1) is 9.01. The van der Waals surface area contributed by atoms with Crippen LogP contribution >= 0.6 is 0 Å². The number of carbonyl (C=O) groups excluding carboxylic acids is 3. The minimum Gasteiger partial charge on any atom is -0.464 e. The number of carbonyl (C=O) groups is 3. The normalized spacial score (nSPS) is 11.7. The third-order valence-corrected chi connectivity index (χ3v) is 2.28. The molecular weight excluding hydrogens is 254 g/mol. The maximum Gasteiger partial charge on any atom is 0.331 e. The largest absolute Gasteiger partial charge is 0.464 e. The van der Waals surface area contributed by atoms with Crippen molar-refractivity contribution in [2.75, 3.05) is 19.8 Å². The second-order valence-corrected chi connectivity index (χ2v) is 4.10. The first kappa shape index (κ1) is 17.5. The molecule has 19 heavy (non-hydrogen) atoms. The number of nitrogens with one attached hydrogen (secondary N) is 1. The van der Waals surface area contributed by atoms with Gasteiger partial charge in [0.25, 0.3) is 0 Å².